The van der Waals surface area contributed by atoms with E-state index in [-0.39, 0.29) is 30.5 Å². The molecule has 106 valence electrons. The topological polar surface area (TPSA) is 55.6 Å². The first kappa shape index (κ1) is 16.0. The number of halogens is 1. The number of hydrogen-bond acceptors (Lipinski definition) is 3. The summed E-state index contributed by atoms with van der Waals surface area (Å²) in [4.78, 5) is 13.9. The first-order chi connectivity index (χ1) is 8.61. The third-order valence-corrected chi connectivity index (χ3v) is 3.40. The number of carbonyl (C=O) groups excluding carboxylic acids is 1. The van der Waals surface area contributed by atoms with Gasteiger partial charge in [0.2, 0.25) is 0 Å². The lowest BCUT2D eigenvalue weighted by molar-refractivity contribution is -0.128. The Morgan fingerprint density at radius 3 is 2.53 bits per heavy atom. The maximum atomic E-state index is 12.3. The predicted molar refractivity (Wildman–Crippen MR) is 78.8 cm³/mol. The van der Waals surface area contributed by atoms with Gasteiger partial charge in [-0.15, -0.1) is 12.4 Å². The van der Waals surface area contributed by atoms with E-state index in [2.05, 4.69) is 0 Å². The number of nitrogens with zero attached hydrogens (tertiary/aromatic N) is 1. The highest BCUT2D eigenvalue weighted by Crippen LogP contribution is 2.23. The van der Waals surface area contributed by atoms with Crippen molar-refractivity contribution < 1.29 is 9.53 Å². The van der Waals surface area contributed by atoms with Crippen LogP contribution in [0, 0.1) is 6.92 Å². The zero-order chi connectivity index (χ0) is 13.1. The number of benzene rings is 1. The van der Waals surface area contributed by atoms with Gasteiger partial charge >= 0.3 is 0 Å². The molecule has 1 saturated heterocycles. The number of amides is 1. The van der Waals surface area contributed by atoms with E-state index >= 15 is 0 Å². The molecule has 1 aliphatic rings. The van der Waals surface area contributed by atoms with Crippen molar-refractivity contribution in [2.75, 3.05) is 18.5 Å². The third kappa shape index (κ3) is 3.69. The quantitative estimate of drug-likeness (QED) is 0.922. The summed E-state index contributed by atoms with van der Waals surface area (Å²) >= 11 is 0. The summed E-state index contributed by atoms with van der Waals surface area (Å²) in [6.07, 6.45) is 1.32. The Kier molecular flexibility index (Phi) is 5.79. The molecule has 1 aromatic carbocycles. The highest BCUT2D eigenvalue weighted by Gasteiger charge is 2.32. The Morgan fingerprint density at radius 2 is 2.00 bits per heavy atom. The second kappa shape index (κ2) is 6.89. The fourth-order valence-corrected chi connectivity index (χ4v) is 2.17. The molecule has 1 amide bonds. The van der Waals surface area contributed by atoms with Crippen LogP contribution in [0.1, 0.15) is 18.4 Å². The number of likely N-dealkylation sites (N-methyl/N-ethyl adjacent to an activating group) is 1. The van der Waals surface area contributed by atoms with Crippen LogP contribution in [0.3, 0.4) is 0 Å². The molecule has 0 radical (unpaired) electrons. The van der Waals surface area contributed by atoms with E-state index in [4.69, 9.17) is 10.5 Å². The van der Waals surface area contributed by atoms with Crippen LogP contribution in [0.4, 0.5) is 5.69 Å². The summed E-state index contributed by atoms with van der Waals surface area (Å²) in [7, 11) is 1.78. The Labute approximate surface area is 120 Å². The van der Waals surface area contributed by atoms with Gasteiger partial charge in [-0.05, 0) is 31.9 Å². The molecule has 0 aromatic heterocycles. The maximum absolute atomic E-state index is 12.3. The lowest BCUT2D eigenvalue weighted by Gasteiger charge is -2.21. The first-order valence-corrected chi connectivity index (χ1v) is 6.31. The molecule has 1 heterocycles. The fraction of sp³-hybridized carbons (Fsp3) is 0.500. The molecule has 0 unspecified atom stereocenters. The van der Waals surface area contributed by atoms with Gasteiger partial charge in [0.25, 0.3) is 5.91 Å². The van der Waals surface area contributed by atoms with Crippen LogP contribution in [0.5, 0.6) is 0 Å². The summed E-state index contributed by atoms with van der Waals surface area (Å²) in [6.45, 7) is 2.51. The average molecular weight is 285 g/mol. The monoisotopic (exact) mass is 284 g/mol. The van der Waals surface area contributed by atoms with Crippen molar-refractivity contribution in [3.8, 4) is 0 Å². The zero-order valence-corrected chi connectivity index (χ0v) is 12.2. The Bertz CT molecular complexity index is 422. The number of anilines is 1. The second-order valence-electron chi connectivity index (χ2n) is 4.79. The fourth-order valence-electron chi connectivity index (χ4n) is 2.17. The number of carbonyl (C=O) groups is 1. The van der Waals surface area contributed by atoms with Crippen LogP contribution in [0.25, 0.3) is 0 Å². The number of nitrogens with two attached hydrogens (primary N) is 1. The summed E-state index contributed by atoms with van der Waals surface area (Å²) in [5.41, 5.74) is 7.62. The molecule has 19 heavy (non-hydrogen) atoms. The van der Waals surface area contributed by atoms with Gasteiger partial charge in [-0.1, -0.05) is 17.7 Å². The molecular weight excluding hydrogens is 264 g/mol. The Hall–Kier alpha value is -1.10. The van der Waals surface area contributed by atoms with E-state index in [1.54, 1.807) is 11.9 Å². The van der Waals surface area contributed by atoms with Crippen molar-refractivity contribution in [2.24, 2.45) is 5.73 Å². The SMILES string of the molecule is Cc1ccc(N(C)C(=O)[C@@H]2CC[C@H](CN)O2)cc1.Cl. The lowest BCUT2D eigenvalue weighted by atomic mass is 10.1. The third-order valence-electron chi connectivity index (χ3n) is 3.40. The van der Waals surface area contributed by atoms with Crippen molar-refractivity contribution >= 4 is 24.0 Å². The molecule has 5 heteroatoms. The minimum absolute atomic E-state index is 0. The molecular formula is C14H21ClN2O2. The highest BCUT2D eigenvalue weighted by atomic mass is 35.5. The molecule has 2 atom stereocenters. The second-order valence-corrected chi connectivity index (χ2v) is 4.79. The van der Waals surface area contributed by atoms with Crippen molar-refractivity contribution in [1.82, 2.24) is 0 Å². The lowest BCUT2D eigenvalue weighted by Crippen LogP contribution is -2.37. The largest absolute Gasteiger partial charge is 0.364 e. The van der Waals surface area contributed by atoms with Crippen LogP contribution in [-0.2, 0) is 9.53 Å². The van der Waals surface area contributed by atoms with E-state index in [1.807, 2.05) is 31.2 Å². The van der Waals surface area contributed by atoms with Gasteiger partial charge in [0.05, 0.1) is 6.10 Å². The van der Waals surface area contributed by atoms with E-state index < -0.39 is 0 Å². The molecule has 0 aliphatic carbocycles. The van der Waals surface area contributed by atoms with Crippen LogP contribution >= 0.6 is 12.4 Å². The number of hydrogen-bond donors (Lipinski definition) is 1. The van der Waals surface area contributed by atoms with Crippen molar-refractivity contribution in [2.45, 2.75) is 32.0 Å². The van der Waals surface area contributed by atoms with E-state index in [1.165, 1.54) is 5.56 Å². The predicted octanol–water partition coefficient (Wildman–Crippen LogP) is 1.89. The Balaban J connectivity index is 0.00000180. The van der Waals surface area contributed by atoms with Crippen molar-refractivity contribution in [3.63, 3.8) is 0 Å². The molecule has 2 N–H and O–H groups in total. The van der Waals surface area contributed by atoms with Gasteiger partial charge in [0.15, 0.2) is 0 Å². The molecule has 1 aliphatic heterocycles. The summed E-state index contributed by atoms with van der Waals surface area (Å²) < 4.78 is 5.62. The number of rotatable bonds is 3. The molecule has 4 nitrogen and oxygen atoms in total. The summed E-state index contributed by atoms with van der Waals surface area (Å²) in [5, 5.41) is 0. The van der Waals surface area contributed by atoms with E-state index in [9.17, 15) is 4.79 Å². The van der Waals surface area contributed by atoms with E-state index in [0.29, 0.717) is 6.54 Å². The van der Waals surface area contributed by atoms with Crippen LogP contribution in [0.2, 0.25) is 0 Å². The number of ether oxygens (including phenoxy) is 1. The first-order valence-electron chi connectivity index (χ1n) is 6.31. The molecule has 0 bridgehead atoms. The zero-order valence-electron chi connectivity index (χ0n) is 11.3. The van der Waals surface area contributed by atoms with Gasteiger partial charge in [0.1, 0.15) is 6.10 Å². The van der Waals surface area contributed by atoms with Crippen molar-refractivity contribution in [1.29, 1.82) is 0 Å². The summed E-state index contributed by atoms with van der Waals surface area (Å²) in [5.74, 6) is 0.00908. The average Bonchev–Trinajstić information content (AvgIpc) is 2.86. The standard InChI is InChI=1S/C14H20N2O2.ClH/c1-10-3-5-11(6-4-10)16(2)14(17)13-8-7-12(9-15)18-13;/h3-6,12-13H,7-9,15H2,1-2H3;1H/t12-,13+;/m1./s1. The highest BCUT2D eigenvalue weighted by molar-refractivity contribution is 5.96. The molecule has 0 saturated carbocycles. The van der Waals surface area contributed by atoms with Crippen LogP contribution in [0.15, 0.2) is 24.3 Å². The van der Waals surface area contributed by atoms with Gasteiger partial charge in [-0.2, -0.15) is 0 Å². The minimum Gasteiger partial charge on any atom is -0.364 e. The number of aryl methyl sites for hydroxylation is 1. The minimum atomic E-state index is -0.343. The molecule has 0 spiro atoms. The van der Waals surface area contributed by atoms with Gasteiger partial charge in [-0.3, -0.25) is 4.79 Å². The molecule has 2 rings (SSSR count). The van der Waals surface area contributed by atoms with Crippen molar-refractivity contribution in [3.05, 3.63) is 29.8 Å². The van der Waals surface area contributed by atoms with Crippen LogP contribution < -0.4 is 10.6 Å². The van der Waals surface area contributed by atoms with Gasteiger partial charge in [-0.25, -0.2) is 0 Å². The maximum Gasteiger partial charge on any atom is 0.255 e. The van der Waals surface area contributed by atoms with E-state index in [0.717, 1.165) is 18.5 Å². The normalized spacial score (nSPS) is 21.8. The van der Waals surface area contributed by atoms with Gasteiger partial charge in [0, 0.05) is 19.3 Å². The van der Waals surface area contributed by atoms with Crippen LogP contribution in [-0.4, -0.2) is 31.7 Å². The summed E-state index contributed by atoms with van der Waals surface area (Å²) in [6, 6.07) is 7.89. The van der Waals surface area contributed by atoms with Gasteiger partial charge < -0.3 is 15.4 Å². The Morgan fingerprint density at radius 1 is 1.37 bits per heavy atom. The molecule has 1 fully saturated rings. The molecule has 1 aromatic rings. The smallest absolute Gasteiger partial charge is 0.255 e.